The van der Waals surface area contributed by atoms with Crippen molar-refractivity contribution in [3.05, 3.63) is 70.3 Å². The lowest BCUT2D eigenvalue weighted by Gasteiger charge is -2.04. The average molecular weight is 349 g/mol. The van der Waals surface area contributed by atoms with Crippen LogP contribution in [0.15, 0.2) is 62.8 Å². The fraction of sp³-hybridized carbons (Fsp3) is 0.0667. The lowest BCUT2D eigenvalue weighted by molar-refractivity contribution is 0.454. The Morgan fingerprint density at radius 2 is 1.83 bits per heavy atom. The maximum absolute atomic E-state index is 12.8. The molecule has 0 saturated heterocycles. The van der Waals surface area contributed by atoms with Crippen molar-refractivity contribution in [2.24, 2.45) is 0 Å². The molecule has 0 amide bonds. The van der Waals surface area contributed by atoms with Gasteiger partial charge in [0.1, 0.15) is 11.5 Å². The van der Waals surface area contributed by atoms with Crippen LogP contribution in [-0.4, -0.2) is 18.6 Å². The molecule has 0 aliphatic rings. The van der Waals surface area contributed by atoms with Crippen LogP contribution in [0.2, 0.25) is 0 Å². The molecule has 0 fully saturated rings. The van der Waals surface area contributed by atoms with Crippen LogP contribution in [0, 0.1) is 5.82 Å². The third kappa shape index (κ3) is 3.58. The van der Waals surface area contributed by atoms with Gasteiger partial charge in [-0.1, -0.05) is 12.1 Å². The van der Waals surface area contributed by atoms with Crippen LogP contribution in [0.25, 0.3) is 11.5 Å². The lowest BCUT2D eigenvalue weighted by atomic mass is 10.2. The van der Waals surface area contributed by atoms with E-state index in [1.165, 1.54) is 48.5 Å². The van der Waals surface area contributed by atoms with Crippen molar-refractivity contribution in [3.63, 3.8) is 0 Å². The van der Waals surface area contributed by atoms with Gasteiger partial charge in [-0.15, -0.1) is 0 Å². The maximum atomic E-state index is 12.8. The molecule has 2 N–H and O–H groups in total. The monoisotopic (exact) mass is 349 g/mol. The first-order chi connectivity index (χ1) is 11.4. The summed E-state index contributed by atoms with van der Waals surface area (Å²) in [5, 5.41) is 5.72. The van der Waals surface area contributed by atoms with E-state index in [0.717, 1.165) is 0 Å². The molecule has 7 nitrogen and oxygen atoms in total. The van der Waals surface area contributed by atoms with Crippen molar-refractivity contribution in [3.8, 4) is 11.5 Å². The van der Waals surface area contributed by atoms with E-state index in [4.69, 9.17) is 4.42 Å². The Morgan fingerprint density at radius 1 is 1.08 bits per heavy atom. The van der Waals surface area contributed by atoms with Crippen LogP contribution in [-0.2, 0) is 16.6 Å². The summed E-state index contributed by atoms with van der Waals surface area (Å²) in [5.74, 6) is -0.195. The Bertz CT molecular complexity index is 989. The van der Waals surface area contributed by atoms with Crippen molar-refractivity contribution in [1.29, 1.82) is 0 Å². The first-order valence-corrected chi connectivity index (χ1v) is 8.32. The smallest absolute Gasteiger partial charge is 0.274 e. The van der Waals surface area contributed by atoms with Gasteiger partial charge in [0.25, 0.3) is 15.6 Å². The summed E-state index contributed by atoms with van der Waals surface area (Å²) in [4.78, 5) is 11.0. The van der Waals surface area contributed by atoms with Crippen LogP contribution in [0.1, 0.15) is 5.56 Å². The summed E-state index contributed by atoms with van der Waals surface area (Å²) in [6.45, 7) is -0.00441. The second-order valence-corrected chi connectivity index (χ2v) is 6.57. The third-order valence-corrected chi connectivity index (χ3v) is 4.43. The summed E-state index contributed by atoms with van der Waals surface area (Å²) >= 11 is 0. The van der Waals surface area contributed by atoms with Gasteiger partial charge in [0, 0.05) is 12.6 Å². The van der Waals surface area contributed by atoms with Crippen molar-refractivity contribution in [2.75, 3.05) is 0 Å². The number of H-pyrrole nitrogens is 1. The minimum absolute atomic E-state index is 0.00441. The molecule has 0 atom stereocenters. The number of aromatic nitrogens is 2. The van der Waals surface area contributed by atoms with Gasteiger partial charge in [-0.25, -0.2) is 22.6 Å². The van der Waals surface area contributed by atoms with Gasteiger partial charge < -0.3 is 4.42 Å². The number of halogens is 1. The Morgan fingerprint density at radius 3 is 2.50 bits per heavy atom. The van der Waals surface area contributed by atoms with Crippen molar-refractivity contribution in [1.82, 2.24) is 14.9 Å². The minimum atomic E-state index is -3.87. The van der Waals surface area contributed by atoms with Crippen LogP contribution < -0.4 is 10.3 Å². The Hall–Kier alpha value is -2.78. The molecule has 0 radical (unpaired) electrons. The third-order valence-electron chi connectivity index (χ3n) is 3.16. The van der Waals surface area contributed by atoms with Crippen LogP contribution in [0.5, 0.6) is 0 Å². The molecule has 1 aromatic carbocycles. The highest BCUT2D eigenvalue weighted by Crippen LogP contribution is 2.22. The van der Waals surface area contributed by atoms with Crippen LogP contribution in [0.4, 0.5) is 4.39 Å². The van der Waals surface area contributed by atoms with E-state index in [1.54, 1.807) is 0 Å². The molecule has 2 heterocycles. The number of aromatic amines is 1. The highest BCUT2D eigenvalue weighted by molar-refractivity contribution is 7.89. The molecule has 0 unspecified atom stereocenters. The molecular weight excluding hydrogens is 337 g/mol. The number of nitrogens with one attached hydrogen (secondary N) is 2. The SMILES string of the molecule is O=c1ccc(-c2ccc(S(=O)(=O)NCc3ccc(F)cc3)o2)n[nH]1. The summed E-state index contributed by atoms with van der Waals surface area (Å²) in [6.07, 6.45) is 0. The molecule has 2 aromatic heterocycles. The first kappa shape index (κ1) is 16.1. The van der Waals surface area contributed by atoms with Gasteiger partial charge >= 0.3 is 0 Å². The maximum Gasteiger partial charge on any atom is 0.274 e. The first-order valence-electron chi connectivity index (χ1n) is 6.84. The fourth-order valence-corrected chi connectivity index (χ4v) is 2.88. The summed E-state index contributed by atoms with van der Waals surface area (Å²) in [7, 11) is -3.87. The Kier molecular flexibility index (Phi) is 4.28. The second-order valence-electron chi connectivity index (χ2n) is 4.88. The molecule has 0 spiro atoms. The number of rotatable bonds is 5. The number of nitrogens with zero attached hydrogens (tertiary/aromatic N) is 1. The molecule has 3 rings (SSSR count). The molecular formula is C15H12FN3O4S. The zero-order valence-corrected chi connectivity index (χ0v) is 13.0. The number of hydrogen-bond acceptors (Lipinski definition) is 5. The standard InChI is InChI=1S/C15H12FN3O4S/c16-11-3-1-10(2-4-11)9-17-24(21,22)15-8-6-13(23-15)12-5-7-14(20)19-18-12/h1-8,17H,9H2,(H,19,20). The van der Waals surface area contributed by atoms with Gasteiger partial charge in [0.2, 0.25) is 5.09 Å². The van der Waals surface area contributed by atoms with Gasteiger partial charge in [0.15, 0.2) is 5.76 Å². The summed E-state index contributed by atoms with van der Waals surface area (Å²) in [5.41, 5.74) is 0.530. The molecule has 0 aliphatic heterocycles. The summed E-state index contributed by atoms with van der Waals surface area (Å²) < 4.78 is 44.9. The van der Waals surface area contributed by atoms with Crippen LogP contribution in [0.3, 0.4) is 0 Å². The largest absolute Gasteiger partial charge is 0.442 e. The average Bonchev–Trinajstić information content (AvgIpc) is 3.06. The molecule has 0 aliphatic carbocycles. The van der Waals surface area contributed by atoms with Crippen molar-refractivity contribution >= 4 is 10.0 Å². The number of hydrogen-bond donors (Lipinski definition) is 2. The van der Waals surface area contributed by atoms with Crippen molar-refractivity contribution in [2.45, 2.75) is 11.6 Å². The number of benzene rings is 1. The van der Waals surface area contributed by atoms with Gasteiger partial charge in [-0.3, -0.25) is 4.79 Å². The van der Waals surface area contributed by atoms with E-state index < -0.39 is 15.8 Å². The van der Waals surface area contributed by atoms with E-state index >= 15 is 0 Å². The Labute approximate surface area is 136 Å². The molecule has 9 heteroatoms. The lowest BCUT2D eigenvalue weighted by Crippen LogP contribution is -2.22. The van der Waals surface area contributed by atoms with Crippen LogP contribution >= 0.6 is 0 Å². The number of furan rings is 1. The second kappa shape index (κ2) is 6.38. The quantitative estimate of drug-likeness (QED) is 0.729. The minimum Gasteiger partial charge on any atom is -0.442 e. The molecule has 0 saturated carbocycles. The zero-order chi connectivity index (χ0) is 17.2. The normalized spacial score (nSPS) is 11.5. The van der Waals surface area contributed by atoms with E-state index in [9.17, 15) is 17.6 Å². The van der Waals surface area contributed by atoms with E-state index in [2.05, 4.69) is 14.9 Å². The van der Waals surface area contributed by atoms with Gasteiger partial charge in [0.05, 0.1) is 0 Å². The predicted molar refractivity (Wildman–Crippen MR) is 83.0 cm³/mol. The van der Waals surface area contributed by atoms with Gasteiger partial charge in [-0.2, -0.15) is 5.10 Å². The summed E-state index contributed by atoms with van der Waals surface area (Å²) in [6, 6.07) is 10.9. The Balaban J connectivity index is 1.76. The number of sulfonamides is 1. The predicted octanol–water partition coefficient (Wildman–Crippen LogP) is 1.65. The highest BCUT2D eigenvalue weighted by atomic mass is 32.2. The highest BCUT2D eigenvalue weighted by Gasteiger charge is 2.19. The molecule has 124 valence electrons. The molecule has 3 aromatic rings. The topological polar surface area (TPSA) is 105 Å². The zero-order valence-electron chi connectivity index (χ0n) is 12.2. The van der Waals surface area contributed by atoms with E-state index in [-0.39, 0.29) is 23.0 Å². The fourth-order valence-electron chi connectivity index (χ4n) is 1.94. The molecule has 24 heavy (non-hydrogen) atoms. The van der Waals surface area contributed by atoms with Gasteiger partial charge in [-0.05, 0) is 35.9 Å². The molecule has 0 bridgehead atoms. The van der Waals surface area contributed by atoms with Crippen molar-refractivity contribution < 1.29 is 17.2 Å². The van der Waals surface area contributed by atoms with E-state index in [0.29, 0.717) is 11.3 Å². The van der Waals surface area contributed by atoms with E-state index in [1.807, 2.05) is 0 Å².